The molecule has 0 unspecified atom stereocenters. The van der Waals surface area contributed by atoms with Crippen molar-refractivity contribution in [3.05, 3.63) is 58.1 Å². The van der Waals surface area contributed by atoms with Crippen molar-refractivity contribution < 1.29 is 23.9 Å². The van der Waals surface area contributed by atoms with Crippen LogP contribution in [0.1, 0.15) is 36.0 Å². The number of hydrogen-bond donors (Lipinski definition) is 1. The van der Waals surface area contributed by atoms with Crippen LogP contribution in [0.15, 0.2) is 42.5 Å². The molecule has 1 aliphatic carbocycles. The van der Waals surface area contributed by atoms with Crippen LogP contribution in [0.2, 0.25) is 10.0 Å². The van der Waals surface area contributed by atoms with Crippen molar-refractivity contribution in [2.45, 2.75) is 25.7 Å². The third-order valence-corrected chi connectivity index (χ3v) is 6.27. The Hall–Kier alpha value is -2.90. The van der Waals surface area contributed by atoms with Crippen molar-refractivity contribution in [2.24, 2.45) is 11.8 Å². The zero-order chi connectivity index (χ0) is 22.8. The second-order valence-electron chi connectivity index (χ2n) is 7.81. The van der Waals surface area contributed by atoms with Crippen molar-refractivity contribution >= 4 is 58.3 Å². The molecule has 166 valence electrons. The Morgan fingerprint density at radius 1 is 1.00 bits per heavy atom. The van der Waals surface area contributed by atoms with Crippen LogP contribution in [-0.4, -0.2) is 30.3 Å². The number of amides is 3. The molecule has 7 nitrogen and oxygen atoms in total. The maximum Gasteiger partial charge on any atom is 0.338 e. The number of halogens is 2. The predicted molar refractivity (Wildman–Crippen MR) is 120 cm³/mol. The molecular weight excluding hydrogens is 455 g/mol. The van der Waals surface area contributed by atoms with Crippen LogP contribution in [0.3, 0.4) is 0 Å². The van der Waals surface area contributed by atoms with E-state index in [1.165, 1.54) is 29.2 Å². The van der Waals surface area contributed by atoms with Crippen LogP contribution in [0.25, 0.3) is 0 Å². The van der Waals surface area contributed by atoms with Crippen molar-refractivity contribution in [3.63, 3.8) is 0 Å². The van der Waals surface area contributed by atoms with Gasteiger partial charge in [0, 0.05) is 5.02 Å². The average molecular weight is 475 g/mol. The molecule has 2 aromatic rings. The summed E-state index contributed by atoms with van der Waals surface area (Å²) in [5.41, 5.74) is 0.809. The summed E-state index contributed by atoms with van der Waals surface area (Å²) in [4.78, 5) is 51.3. The number of ether oxygens (including phenoxy) is 1. The van der Waals surface area contributed by atoms with E-state index < -0.39 is 18.5 Å². The number of carbonyl (C=O) groups excluding carboxylic acids is 4. The SMILES string of the molecule is O=C(COC(=O)c1cccc(N2C(=O)[C@@H]3CCCC[C@H]3C2=O)c1)Nc1ccc(Cl)cc1Cl. The van der Waals surface area contributed by atoms with Gasteiger partial charge in [-0.15, -0.1) is 0 Å². The largest absolute Gasteiger partial charge is 0.452 e. The third kappa shape index (κ3) is 4.49. The van der Waals surface area contributed by atoms with E-state index in [9.17, 15) is 19.2 Å². The van der Waals surface area contributed by atoms with E-state index in [4.69, 9.17) is 27.9 Å². The maximum atomic E-state index is 12.8. The molecule has 1 N–H and O–H groups in total. The lowest BCUT2D eigenvalue weighted by Crippen LogP contribution is -2.31. The quantitative estimate of drug-likeness (QED) is 0.509. The molecule has 9 heteroatoms. The fraction of sp³-hybridized carbons (Fsp3) is 0.304. The van der Waals surface area contributed by atoms with Crippen LogP contribution < -0.4 is 10.2 Å². The van der Waals surface area contributed by atoms with E-state index in [0.29, 0.717) is 29.2 Å². The van der Waals surface area contributed by atoms with E-state index in [2.05, 4.69) is 5.32 Å². The van der Waals surface area contributed by atoms with Crippen molar-refractivity contribution in [3.8, 4) is 0 Å². The molecule has 3 amide bonds. The minimum atomic E-state index is -0.749. The Morgan fingerprint density at radius 3 is 2.34 bits per heavy atom. The van der Waals surface area contributed by atoms with Crippen LogP contribution in [0.5, 0.6) is 0 Å². The van der Waals surface area contributed by atoms with Gasteiger partial charge in [0.05, 0.1) is 33.8 Å². The second kappa shape index (κ2) is 9.30. The molecule has 1 heterocycles. The van der Waals surface area contributed by atoms with Crippen molar-refractivity contribution in [1.82, 2.24) is 0 Å². The number of esters is 1. The topological polar surface area (TPSA) is 92.8 Å². The van der Waals surface area contributed by atoms with E-state index in [0.717, 1.165) is 12.8 Å². The van der Waals surface area contributed by atoms with Gasteiger partial charge in [0.2, 0.25) is 11.8 Å². The molecule has 0 spiro atoms. The number of imide groups is 1. The van der Waals surface area contributed by atoms with Crippen LogP contribution in [-0.2, 0) is 19.1 Å². The summed E-state index contributed by atoms with van der Waals surface area (Å²) >= 11 is 11.8. The standard InChI is InChI=1S/C23H20Cl2N2O5/c24-14-8-9-19(18(25)11-14)26-20(28)12-32-23(31)13-4-3-5-15(10-13)27-21(29)16-6-1-2-7-17(16)22(27)30/h3-5,8-11,16-17H,1-2,6-7,12H2,(H,26,28)/t16-,17-/m1/s1. The molecule has 0 bridgehead atoms. The van der Waals surface area contributed by atoms with E-state index in [1.807, 2.05) is 0 Å². The number of rotatable bonds is 5. The molecule has 2 aliphatic rings. The number of nitrogens with one attached hydrogen (secondary N) is 1. The van der Waals surface area contributed by atoms with Gasteiger partial charge in [0.1, 0.15) is 0 Å². The molecule has 4 rings (SSSR count). The van der Waals surface area contributed by atoms with Crippen molar-refractivity contribution in [1.29, 1.82) is 0 Å². The molecular formula is C23H20Cl2N2O5. The predicted octanol–water partition coefficient (Wildman–Crippen LogP) is 4.47. The summed E-state index contributed by atoms with van der Waals surface area (Å²) in [6.45, 7) is -0.534. The van der Waals surface area contributed by atoms with Gasteiger partial charge < -0.3 is 10.1 Å². The summed E-state index contributed by atoms with van der Waals surface area (Å²) in [5, 5.41) is 3.22. The maximum absolute atomic E-state index is 12.8. The fourth-order valence-electron chi connectivity index (χ4n) is 4.18. The first-order valence-corrected chi connectivity index (χ1v) is 11.0. The molecule has 2 aromatic carbocycles. The Bertz CT molecular complexity index is 1080. The Labute approximate surface area is 194 Å². The highest BCUT2D eigenvalue weighted by molar-refractivity contribution is 6.36. The van der Waals surface area contributed by atoms with Gasteiger partial charge in [-0.3, -0.25) is 19.3 Å². The summed E-state index contributed by atoms with van der Waals surface area (Å²) in [6, 6.07) is 10.7. The van der Waals surface area contributed by atoms with Gasteiger partial charge in [-0.25, -0.2) is 4.79 Å². The zero-order valence-corrected chi connectivity index (χ0v) is 18.5. The zero-order valence-electron chi connectivity index (χ0n) is 17.0. The number of hydrogen-bond acceptors (Lipinski definition) is 5. The molecule has 1 aliphatic heterocycles. The number of benzene rings is 2. The van der Waals surface area contributed by atoms with Gasteiger partial charge in [-0.1, -0.05) is 42.1 Å². The second-order valence-corrected chi connectivity index (χ2v) is 8.65. The molecule has 0 aromatic heterocycles. The fourth-order valence-corrected chi connectivity index (χ4v) is 4.64. The van der Waals surface area contributed by atoms with Crippen molar-refractivity contribution in [2.75, 3.05) is 16.8 Å². The van der Waals surface area contributed by atoms with Crippen LogP contribution in [0.4, 0.5) is 11.4 Å². The molecule has 32 heavy (non-hydrogen) atoms. The first kappa shape index (κ1) is 22.3. The average Bonchev–Trinajstić information content (AvgIpc) is 3.04. The van der Waals surface area contributed by atoms with E-state index in [1.54, 1.807) is 18.2 Å². The minimum Gasteiger partial charge on any atom is -0.452 e. The monoisotopic (exact) mass is 474 g/mol. The van der Waals surface area contributed by atoms with E-state index >= 15 is 0 Å². The lowest BCUT2D eigenvalue weighted by atomic mass is 9.81. The first-order chi connectivity index (χ1) is 15.3. The lowest BCUT2D eigenvalue weighted by molar-refractivity contribution is -0.122. The molecule has 2 atom stereocenters. The number of anilines is 2. The number of carbonyl (C=O) groups is 4. The van der Waals surface area contributed by atoms with Gasteiger partial charge in [0.25, 0.3) is 5.91 Å². The van der Waals surface area contributed by atoms with Gasteiger partial charge in [-0.05, 0) is 49.2 Å². The summed E-state index contributed by atoms with van der Waals surface area (Å²) < 4.78 is 5.08. The van der Waals surface area contributed by atoms with Gasteiger partial charge >= 0.3 is 5.97 Å². The summed E-state index contributed by atoms with van der Waals surface area (Å²) in [7, 11) is 0. The Balaban J connectivity index is 1.41. The van der Waals surface area contributed by atoms with E-state index in [-0.39, 0.29) is 34.2 Å². The third-order valence-electron chi connectivity index (χ3n) is 5.72. The first-order valence-electron chi connectivity index (χ1n) is 10.2. The normalized spacial score (nSPS) is 20.1. The van der Waals surface area contributed by atoms with Crippen LogP contribution in [0, 0.1) is 11.8 Å². The summed E-state index contributed by atoms with van der Waals surface area (Å²) in [5.74, 6) is -2.33. The lowest BCUT2D eigenvalue weighted by Gasteiger charge is -2.19. The number of fused-ring (bicyclic) bond motifs is 1. The highest BCUT2D eigenvalue weighted by Gasteiger charge is 2.48. The molecule has 0 radical (unpaired) electrons. The Morgan fingerprint density at radius 2 is 1.69 bits per heavy atom. The molecule has 1 saturated heterocycles. The summed E-state index contributed by atoms with van der Waals surface area (Å²) in [6.07, 6.45) is 3.29. The highest BCUT2D eigenvalue weighted by atomic mass is 35.5. The molecule has 1 saturated carbocycles. The highest BCUT2D eigenvalue weighted by Crippen LogP contribution is 2.40. The minimum absolute atomic E-state index is 0.135. The number of nitrogens with zero attached hydrogens (tertiary/aromatic N) is 1. The van der Waals surface area contributed by atoms with Gasteiger partial charge in [-0.2, -0.15) is 0 Å². The van der Waals surface area contributed by atoms with Gasteiger partial charge in [0.15, 0.2) is 6.61 Å². The molecule has 2 fully saturated rings. The Kier molecular flexibility index (Phi) is 6.48. The van der Waals surface area contributed by atoms with Crippen LogP contribution >= 0.6 is 23.2 Å². The smallest absolute Gasteiger partial charge is 0.338 e.